The Morgan fingerprint density at radius 2 is 1.75 bits per heavy atom. The monoisotopic (exact) mass is 340 g/mol. The van der Waals surface area contributed by atoms with Crippen molar-refractivity contribution >= 4 is 7.82 Å². The first-order valence-electron chi connectivity index (χ1n) is 7.26. The molecule has 1 N–H and O–H groups in total. The molecule has 0 aromatic carbocycles. The molecule has 0 amide bonds. The van der Waals surface area contributed by atoms with E-state index in [9.17, 15) is 9.46 Å². The highest BCUT2D eigenvalue weighted by Gasteiger charge is 2.23. The van der Waals surface area contributed by atoms with Gasteiger partial charge in [-0.15, -0.1) is 6.40 Å². The Morgan fingerprint density at radius 1 is 1.17 bits per heavy atom. The van der Waals surface area contributed by atoms with Gasteiger partial charge in [0.2, 0.25) is 0 Å². The van der Waals surface area contributed by atoms with Crippen molar-refractivity contribution in [2.75, 3.05) is 6.61 Å². The third-order valence-corrected chi connectivity index (χ3v) is 2.85. The summed E-state index contributed by atoms with van der Waals surface area (Å²) in [5.74, 6) is 26.6. The van der Waals surface area contributed by atoms with E-state index in [1.54, 1.807) is 13.0 Å². The van der Waals surface area contributed by atoms with Gasteiger partial charge >= 0.3 is 7.82 Å². The molecule has 2 atom stereocenters. The lowest BCUT2D eigenvalue weighted by atomic mass is 10.3. The van der Waals surface area contributed by atoms with Crippen molar-refractivity contribution in [1.29, 1.82) is 0 Å². The van der Waals surface area contributed by atoms with E-state index in [0.29, 0.717) is 6.42 Å². The lowest BCUT2D eigenvalue weighted by Gasteiger charge is -2.13. The fraction of sp³-hybridized carbons (Fsp3) is 0.263. The lowest BCUT2D eigenvalue weighted by molar-refractivity contribution is 0.143. The van der Waals surface area contributed by atoms with Crippen LogP contribution in [0.3, 0.4) is 0 Å². The minimum Gasteiger partial charge on any atom is -0.302 e. The molecule has 24 heavy (non-hydrogen) atoms. The maximum absolute atomic E-state index is 11.7. The average molecular weight is 340 g/mol. The van der Waals surface area contributed by atoms with Crippen molar-refractivity contribution < 1.29 is 19.9 Å². The van der Waals surface area contributed by atoms with Gasteiger partial charge in [0, 0.05) is 0 Å². The van der Waals surface area contributed by atoms with E-state index in [1.807, 2.05) is 13.3 Å². The van der Waals surface area contributed by atoms with Crippen LogP contribution in [0.2, 0.25) is 0 Å². The Kier molecular flexibility index (Phi) is 11.1. The molecule has 4 nitrogen and oxygen atoms in total. The van der Waals surface area contributed by atoms with Gasteiger partial charge in [0.25, 0.3) is 0 Å². The predicted molar refractivity (Wildman–Crippen MR) is 93.5 cm³/mol. The molecule has 120 valence electrons. The Morgan fingerprint density at radius 3 is 2.29 bits per heavy atom. The van der Waals surface area contributed by atoms with Crippen LogP contribution >= 0.6 is 7.82 Å². The molecule has 0 saturated heterocycles. The third kappa shape index (κ3) is 12.9. The van der Waals surface area contributed by atoms with Gasteiger partial charge in [-0.05, 0) is 78.6 Å². The van der Waals surface area contributed by atoms with Crippen LogP contribution in [0.1, 0.15) is 21.6 Å². The van der Waals surface area contributed by atoms with Crippen molar-refractivity contribution in [1.82, 2.24) is 0 Å². The number of rotatable bonds is 6. The van der Waals surface area contributed by atoms with E-state index in [0.717, 1.165) is 0 Å². The number of phosphoric ester groups is 1. The molecule has 0 aliphatic carbocycles. The SMILES string of the molecule is [3H]C#CC#CC#CC#CC#CC#CC(/C=C/C)OP(=O)(O)OCCC. The molecule has 0 fully saturated rings. The van der Waals surface area contributed by atoms with Gasteiger partial charge in [-0.3, -0.25) is 9.05 Å². The predicted octanol–water partition coefficient (Wildman–Crippen LogP) is 2.12. The highest BCUT2D eigenvalue weighted by molar-refractivity contribution is 7.47. The second-order valence-corrected chi connectivity index (χ2v) is 5.15. The number of terminal acetylenes is 1. The van der Waals surface area contributed by atoms with Gasteiger partial charge in [0.1, 0.15) is 7.47 Å². The second-order valence-electron chi connectivity index (χ2n) is 3.75. The summed E-state index contributed by atoms with van der Waals surface area (Å²) in [5, 5.41) is 0. The molecule has 0 rings (SSSR count). The van der Waals surface area contributed by atoms with E-state index in [4.69, 9.17) is 10.4 Å². The molecule has 0 saturated carbocycles. The molecule has 5 heteroatoms. The second kappa shape index (κ2) is 13.8. The first-order chi connectivity index (χ1) is 12.1. The molecule has 0 aromatic heterocycles. The Labute approximate surface area is 145 Å². The van der Waals surface area contributed by atoms with Crippen LogP contribution in [0.25, 0.3) is 0 Å². The topological polar surface area (TPSA) is 55.8 Å². The minimum atomic E-state index is -4.16. The zero-order chi connectivity index (χ0) is 18.8. The fourth-order valence-electron chi connectivity index (χ4n) is 1.02. The van der Waals surface area contributed by atoms with Gasteiger partial charge in [0.05, 0.1) is 6.61 Å². The van der Waals surface area contributed by atoms with Gasteiger partial charge in [-0.2, -0.15) is 0 Å². The third-order valence-electron chi connectivity index (χ3n) is 1.85. The van der Waals surface area contributed by atoms with Crippen LogP contribution in [-0.2, 0) is 13.6 Å². The zero-order valence-corrected chi connectivity index (χ0v) is 14.2. The van der Waals surface area contributed by atoms with Crippen molar-refractivity contribution in [3.63, 3.8) is 0 Å². The molecular weight excluding hydrogens is 323 g/mol. The van der Waals surface area contributed by atoms with Crippen molar-refractivity contribution in [2.24, 2.45) is 0 Å². The van der Waals surface area contributed by atoms with Crippen LogP contribution in [0.15, 0.2) is 12.2 Å². The quantitative estimate of drug-likeness (QED) is 0.457. The van der Waals surface area contributed by atoms with Crippen LogP contribution in [0, 0.1) is 71.5 Å². The van der Waals surface area contributed by atoms with Crippen molar-refractivity contribution in [2.45, 2.75) is 26.4 Å². The van der Waals surface area contributed by atoms with Gasteiger partial charge < -0.3 is 4.89 Å². The van der Waals surface area contributed by atoms with E-state index in [2.05, 4.69) is 65.1 Å². The lowest BCUT2D eigenvalue weighted by Crippen LogP contribution is -2.07. The van der Waals surface area contributed by atoms with Crippen LogP contribution in [0.5, 0.6) is 0 Å². The highest BCUT2D eigenvalue weighted by atomic mass is 31.2. The Bertz CT molecular complexity index is 881. The van der Waals surface area contributed by atoms with E-state index >= 15 is 0 Å². The van der Waals surface area contributed by atoms with Crippen molar-refractivity contribution in [3.05, 3.63) is 12.2 Å². The normalized spacial score (nSPS) is 12.2. The Hall–Kier alpha value is -2.79. The summed E-state index contributed by atoms with van der Waals surface area (Å²) >= 11 is 0. The highest BCUT2D eigenvalue weighted by Crippen LogP contribution is 2.44. The largest absolute Gasteiger partial charge is 0.473 e. The van der Waals surface area contributed by atoms with Crippen LogP contribution in [0.4, 0.5) is 0 Å². The summed E-state index contributed by atoms with van der Waals surface area (Å²) in [4.78, 5) is 9.53. The molecular formula is C19H15O4P. The van der Waals surface area contributed by atoms with E-state index in [-0.39, 0.29) is 6.61 Å². The smallest absolute Gasteiger partial charge is 0.302 e. The summed E-state index contributed by atoms with van der Waals surface area (Å²) in [7, 11) is -4.16. The standard InChI is InChI=1S/C19H15O4P/c1-4-7-8-9-10-11-12-13-14-15-17-19(16-5-2)23-24(20,21)22-18-6-3/h1,5,16,19H,6,18H2,2-3H3,(H,20,21)/b16-5+/i1T. The molecule has 2 unspecified atom stereocenters. The number of phosphoric acid groups is 1. The number of hydrogen-bond donors (Lipinski definition) is 1. The summed E-state index contributed by atoms with van der Waals surface area (Å²) in [6.07, 6.45) is 4.66. The summed E-state index contributed by atoms with van der Waals surface area (Å²) in [6.45, 7) is 3.64. The van der Waals surface area contributed by atoms with E-state index < -0.39 is 13.9 Å². The number of allylic oxidation sites excluding steroid dienone is 1. The minimum absolute atomic E-state index is 0.111. The summed E-state index contributed by atoms with van der Waals surface area (Å²) in [6, 6.07) is 0. The molecule has 0 heterocycles. The molecule has 0 radical (unpaired) electrons. The van der Waals surface area contributed by atoms with E-state index in [1.165, 1.54) is 6.08 Å². The summed E-state index contributed by atoms with van der Waals surface area (Å²) in [5.41, 5.74) is 0. The number of hydrogen-bond acceptors (Lipinski definition) is 3. The molecule has 0 spiro atoms. The van der Waals surface area contributed by atoms with Crippen LogP contribution < -0.4 is 0 Å². The first-order valence-corrected chi connectivity index (χ1v) is 8.26. The average Bonchev–Trinajstić information content (AvgIpc) is 2.57. The Balaban J connectivity index is 4.77. The molecule has 0 aromatic rings. The van der Waals surface area contributed by atoms with Gasteiger partial charge in [0.15, 0.2) is 0 Å². The molecule has 0 aliphatic rings. The van der Waals surface area contributed by atoms with Crippen LogP contribution in [-0.4, -0.2) is 17.6 Å². The molecule has 0 bridgehead atoms. The summed E-state index contributed by atoms with van der Waals surface area (Å²) < 4.78 is 27.9. The first kappa shape index (κ1) is 19.3. The maximum Gasteiger partial charge on any atom is 0.473 e. The van der Waals surface area contributed by atoms with Gasteiger partial charge in [-0.1, -0.05) is 18.9 Å². The zero-order valence-electron chi connectivity index (χ0n) is 14.3. The van der Waals surface area contributed by atoms with Gasteiger partial charge in [-0.25, -0.2) is 4.57 Å². The fourth-order valence-corrected chi connectivity index (χ4v) is 1.91. The maximum atomic E-state index is 11.7. The molecule has 0 aliphatic heterocycles. The van der Waals surface area contributed by atoms with Crippen molar-refractivity contribution in [3.8, 4) is 71.5 Å².